The lowest BCUT2D eigenvalue weighted by Crippen LogP contribution is -2.04. The largest absolute Gasteiger partial charge is 0.294 e. The van der Waals surface area contributed by atoms with Gasteiger partial charge in [-0.15, -0.1) is 0 Å². The molecule has 0 spiro atoms. The number of para-hydroxylation sites is 1. The summed E-state index contributed by atoms with van der Waals surface area (Å²) in [6.07, 6.45) is 5.40. The number of ketones is 1. The molecule has 1 aromatic carbocycles. The summed E-state index contributed by atoms with van der Waals surface area (Å²) in [6.45, 7) is 0. The highest BCUT2D eigenvalue weighted by molar-refractivity contribution is 5.99. The maximum atomic E-state index is 12.2. The van der Waals surface area contributed by atoms with Gasteiger partial charge in [-0.25, -0.2) is 0 Å². The summed E-state index contributed by atoms with van der Waals surface area (Å²) in [4.78, 5) is 20.4. The van der Waals surface area contributed by atoms with Gasteiger partial charge in [0, 0.05) is 36.0 Å². The average Bonchev–Trinajstić information content (AvgIpc) is 2.48. The molecule has 0 amide bonds. The first-order chi connectivity index (χ1) is 9.34. The number of carbonyl (C=O) groups excluding carboxylic acids is 1. The van der Waals surface area contributed by atoms with Crippen LogP contribution in [-0.2, 0) is 6.42 Å². The van der Waals surface area contributed by atoms with Crippen LogP contribution in [0.15, 0.2) is 61.1 Å². The molecule has 0 saturated carbocycles. The second kappa shape index (κ2) is 4.98. The molecule has 0 bridgehead atoms. The zero-order valence-corrected chi connectivity index (χ0v) is 10.3. The van der Waals surface area contributed by atoms with E-state index in [4.69, 9.17) is 0 Å². The van der Waals surface area contributed by atoms with E-state index in [1.807, 2.05) is 30.3 Å². The lowest BCUT2D eigenvalue weighted by atomic mass is 10.0. The molecular weight excluding hydrogens is 236 g/mol. The van der Waals surface area contributed by atoms with Gasteiger partial charge in [0.05, 0.1) is 5.52 Å². The van der Waals surface area contributed by atoms with E-state index in [1.165, 1.54) is 0 Å². The van der Waals surface area contributed by atoms with Crippen molar-refractivity contribution in [1.29, 1.82) is 0 Å². The third-order valence-electron chi connectivity index (χ3n) is 3.09. The van der Waals surface area contributed by atoms with Crippen molar-refractivity contribution in [3.8, 4) is 0 Å². The van der Waals surface area contributed by atoms with Gasteiger partial charge < -0.3 is 0 Å². The molecule has 0 aliphatic rings. The third kappa shape index (κ3) is 2.36. The van der Waals surface area contributed by atoms with Crippen LogP contribution in [0.3, 0.4) is 0 Å². The highest BCUT2D eigenvalue weighted by Crippen LogP contribution is 2.18. The molecule has 0 unspecified atom stereocenters. The summed E-state index contributed by atoms with van der Waals surface area (Å²) in [7, 11) is 0. The van der Waals surface area contributed by atoms with Crippen LogP contribution in [-0.4, -0.2) is 15.8 Å². The molecule has 3 heteroatoms. The molecule has 2 aromatic heterocycles. The number of aromatic nitrogens is 2. The standard InChI is InChI=1S/C16H12N2O/c19-16(12-5-8-17-9-6-12)11-13-7-10-18-15-4-2-1-3-14(13)15/h1-10H,11H2. The number of carbonyl (C=O) groups is 1. The van der Waals surface area contributed by atoms with Crippen LogP contribution >= 0.6 is 0 Å². The van der Waals surface area contributed by atoms with Gasteiger partial charge >= 0.3 is 0 Å². The predicted octanol–water partition coefficient (Wildman–Crippen LogP) is 3.06. The number of nitrogens with zero attached hydrogens (tertiary/aromatic N) is 2. The highest BCUT2D eigenvalue weighted by Gasteiger charge is 2.09. The van der Waals surface area contributed by atoms with Gasteiger partial charge in [0.15, 0.2) is 5.78 Å². The predicted molar refractivity (Wildman–Crippen MR) is 74.0 cm³/mol. The molecule has 0 N–H and O–H groups in total. The molecule has 92 valence electrons. The van der Waals surface area contributed by atoms with Crippen LogP contribution < -0.4 is 0 Å². The Morgan fingerprint density at radius 2 is 1.74 bits per heavy atom. The Hall–Kier alpha value is -2.55. The van der Waals surface area contributed by atoms with Gasteiger partial charge in [-0.2, -0.15) is 0 Å². The number of fused-ring (bicyclic) bond motifs is 1. The Balaban J connectivity index is 1.96. The topological polar surface area (TPSA) is 42.9 Å². The number of pyridine rings is 2. The minimum Gasteiger partial charge on any atom is -0.294 e. The van der Waals surface area contributed by atoms with Crippen molar-refractivity contribution in [3.05, 3.63) is 72.2 Å². The molecule has 3 rings (SSSR count). The van der Waals surface area contributed by atoms with Gasteiger partial charge in [-0.1, -0.05) is 18.2 Å². The maximum Gasteiger partial charge on any atom is 0.167 e. The maximum absolute atomic E-state index is 12.2. The molecule has 0 radical (unpaired) electrons. The highest BCUT2D eigenvalue weighted by atomic mass is 16.1. The van der Waals surface area contributed by atoms with E-state index in [2.05, 4.69) is 9.97 Å². The molecule has 0 fully saturated rings. The molecule has 0 aliphatic heterocycles. The van der Waals surface area contributed by atoms with Crippen LogP contribution in [0.2, 0.25) is 0 Å². The summed E-state index contributed by atoms with van der Waals surface area (Å²) >= 11 is 0. The molecule has 19 heavy (non-hydrogen) atoms. The summed E-state index contributed by atoms with van der Waals surface area (Å²) < 4.78 is 0. The van der Waals surface area contributed by atoms with Crippen molar-refractivity contribution in [2.24, 2.45) is 0 Å². The Morgan fingerprint density at radius 1 is 0.947 bits per heavy atom. The third-order valence-corrected chi connectivity index (χ3v) is 3.09. The van der Waals surface area contributed by atoms with E-state index in [9.17, 15) is 4.79 Å². The molecule has 0 atom stereocenters. The smallest absolute Gasteiger partial charge is 0.167 e. The fraction of sp³-hybridized carbons (Fsp3) is 0.0625. The lowest BCUT2D eigenvalue weighted by molar-refractivity contribution is 0.0993. The van der Waals surface area contributed by atoms with Crippen molar-refractivity contribution in [1.82, 2.24) is 9.97 Å². The normalized spacial score (nSPS) is 10.5. The van der Waals surface area contributed by atoms with Crippen LogP contribution in [0, 0.1) is 0 Å². The van der Waals surface area contributed by atoms with Gasteiger partial charge in [0.25, 0.3) is 0 Å². The van der Waals surface area contributed by atoms with Crippen LogP contribution in [0.25, 0.3) is 10.9 Å². The van der Waals surface area contributed by atoms with Crippen molar-refractivity contribution < 1.29 is 4.79 Å². The fourth-order valence-corrected chi connectivity index (χ4v) is 2.12. The van der Waals surface area contributed by atoms with Crippen molar-refractivity contribution >= 4 is 16.7 Å². The van der Waals surface area contributed by atoms with Gasteiger partial charge in [-0.3, -0.25) is 14.8 Å². The first-order valence-electron chi connectivity index (χ1n) is 6.10. The van der Waals surface area contributed by atoms with Crippen molar-refractivity contribution in [2.75, 3.05) is 0 Å². The van der Waals surface area contributed by atoms with Crippen LogP contribution in [0.5, 0.6) is 0 Å². The summed E-state index contributed by atoms with van der Waals surface area (Å²) in [5.74, 6) is 0.0961. The van der Waals surface area contributed by atoms with Crippen LogP contribution in [0.4, 0.5) is 0 Å². The Bertz CT molecular complexity index is 718. The van der Waals surface area contributed by atoms with Crippen LogP contribution in [0.1, 0.15) is 15.9 Å². The molecule has 2 heterocycles. The van der Waals surface area contributed by atoms with Crippen molar-refractivity contribution in [3.63, 3.8) is 0 Å². The number of Topliss-reactive ketones (excluding diaryl/α,β-unsaturated/α-hetero) is 1. The first-order valence-corrected chi connectivity index (χ1v) is 6.10. The Morgan fingerprint density at radius 3 is 2.58 bits per heavy atom. The second-order valence-electron chi connectivity index (χ2n) is 4.32. The van der Waals surface area contributed by atoms with Gasteiger partial charge in [-0.05, 0) is 29.8 Å². The minimum absolute atomic E-state index is 0.0961. The van der Waals surface area contributed by atoms with Gasteiger partial charge in [0.2, 0.25) is 0 Å². The molecule has 0 saturated heterocycles. The van der Waals surface area contributed by atoms with E-state index in [1.54, 1.807) is 30.7 Å². The lowest BCUT2D eigenvalue weighted by Gasteiger charge is -2.05. The van der Waals surface area contributed by atoms with E-state index in [0.29, 0.717) is 12.0 Å². The molecule has 0 aliphatic carbocycles. The van der Waals surface area contributed by atoms with Gasteiger partial charge in [0.1, 0.15) is 0 Å². The minimum atomic E-state index is 0.0961. The van der Waals surface area contributed by atoms with E-state index >= 15 is 0 Å². The zero-order chi connectivity index (χ0) is 13.1. The number of rotatable bonds is 3. The summed E-state index contributed by atoms with van der Waals surface area (Å²) in [6, 6.07) is 13.3. The Labute approximate surface area is 111 Å². The molecule has 3 nitrogen and oxygen atoms in total. The fourth-order valence-electron chi connectivity index (χ4n) is 2.12. The van der Waals surface area contributed by atoms with Crippen molar-refractivity contribution in [2.45, 2.75) is 6.42 Å². The Kier molecular flexibility index (Phi) is 3.02. The second-order valence-corrected chi connectivity index (χ2v) is 4.32. The number of benzene rings is 1. The van der Waals surface area contributed by atoms with E-state index in [0.717, 1.165) is 16.5 Å². The average molecular weight is 248 g/mol. The molecular formula is C16H12N2O. The van der Waals surface area contributed by atoms with E-state index < -0.39 is 0 Å². The van der Waals surface area contributed by atoms with E-state index in [-0.39, 0.29) is 5.78 Å². The SMILES string of the molecule is O=C(Cc1ccnc2ccccc12)c1ccncc1. The monoisotopic (exact) mass is 248 g/mol. The first kappa shape index (κ1) is 11.5. The zero-order valence-electron chi connectivity index (χ0n) is 10.3. The number of hydrogen-bond acceptors (Lipinski definition) is 3. The summed E-state index contributed by atoms with van der Waals surface area (Å²) in [5, 5.41) is 1.03. The number of hydrogen-bond donors (Lipinski definition) is 0. The quantitative estimate of drug-likeness (QED) is 0.669. The summed E-state index contributed by atoms with van der Waals surface area (Å²) in [5.41, 5.74) is 2.62. The molecule has 3 aromatic rings.